The Labute approximate surface area is 139 Å². The van der Waals surface area contributed by atoms with Crippen LogP contribution in [0.25, 0.3) is 33.7 Å². The van der Waals surface area contributed by atoms with Gasteiger partial charge < -0.3 is 12.4 Å². The molecule has 1 heterocycles. The second-order valence-electron chi connectivity index (χ2n) is 4.96. The first-order chi connectivity index (χ1) is 10.8. The van der Waals surface area contributed by atoms with Crippen LogP contribution in [0.4, 0.5) is 0 Å². The number of benzene rings is 3. The molecule has 4 aromatic rings. The fourth-order valence-corrected chi connectivity index (χ4v) is 2.51. The second kappa shape index (κ2) is 6.03. The fourth-order valence-electron chi connectivity index (χ4n) is 2.51. The van der Waals surface area contributed by atoms with Crippen molar-refractivity contribution in [1.29, 1.82) is 0 Å². The first-order valence-electron chi connectivity index (χ1n) is 6.93. The third-order valence-corrected chi connectivity index (χ3v) is 3.58. The average molecular weight is 299 g/mol. The molecule has 23 heavy (non-hydrogen) atoms. The van der Waals surface area contributed by atoms with Crippen LogP contribution >= 0.6 is 0 Å². The van der Waals surface area contributed by atoms with E-state index in [-0.39, 0.29) is 18.7 Å². The van der Waals surface area contributed by atoms with Gasteiger partial charge in [0.15, 0.2) is 0 Å². The van der Waals surface area contributed by atoms with E-state index in [9.17, 15) is 5.11 Å². The predicted octanol–water partition coefficient (Wildman–Crippen LogP) is 4.11. The molecule has 0 saturated heterocycles. The Morgan fingerprint density at radius 2 is 1.35 bits per heavy atom. The summed E-state index contributed by atoms with van der Waals surface area (Å²) in [6, 6.07) is 20.9. The Kier molecular flexibility index (Phi) is 3.92. The largest absolute Gasteiger partial charge is 2.00 e. The number of nitrogens with zero attached hydrogens (tertiary/aromatic N) is 2. The maximum Gasteiger partial charge on any atom is 2.00 e. The molecular weight excluding hydrogens is 285 g/mol. The number of phenolic OH excluding ortho intramolecular Hbond substituents is 1. The Balaban J connectivity index is 0.00000104. The Bertz CT molecular complexity index is 971. The quantitative estimate of drug-likeness (QED) is 0.566. The van der Waals surface area contributed by atoms with E-state index in [0.29, 0.717) is 17.3 Å². The minimum atomic E-state index is 0. The van der Waals surface area contributed by atoms with E-state index in [4.69, 9.17) is 4.42 Å². The number of fused-ring (bicyclic) bond motifs is 1. The zero-order chi connectivity index (χ0) is 14.9. The SMILES string of the molecule is Oc1ccccc1-c1nnc(-c2cccc3ccccc23)o1.[Be+2].[H-].[H-]. The van der Waals surface area contributed by atoms with Gasteiger partial charge in [-0.1, -0.05) is 48.5 Å². The molecule has 0 spiro atoms. The van der Waals surface area contributed by atoms with Gasteiger partial charge in [-0.15, -0.1) is 10.2 Å². The van der Waals surface area contributed by atoms with Crippen LogP contribution in [0.1, 0.15) is 2.85 Å². The molecule has 0 aliphatic rings. The number of phenols is 1. The minimum Gasteiger partial charge on any atom is -1.00 e. The van der Waals surface area contributed by atoms with Gasteiger partial charge in [-0.2, -0.15) is 0 Å². The molecule has 1 N–H and O–H groups in total. The number of para-hydroxylation sites is 1. The zero-order valence-electron chi connectivity index (χ0n) is 14.3. The Hall–Kier alpha value is -2.97. The van der Waals surface area contributed by atoms with Gasteiger partial charge in [0.05, 0.1) is 5.56 Å². The molecule has 4 rings (SSSR count). The molecule has 0 aliphatic carbocycles. The number of hydrogen-bond donors (Lipinski definition) is 1. The van der Waals surface area contributed by atoms with Crippen molar-refractivity contribution in [3.05, 3.63) is 66.7 Å². The van der Waals surface area contributed by atoms with Gasteiger partial charge in [0, 0.05) is 5.56 Å². The summed E-state index contributed by atoms with van der Waals surface area (Å²) in [5.41, 5.74) is 1.41. The van der Waals surface area contributed by atoms with Crippen molar-refractivity contribution >= 4 is 20.9 Å². The van der Waals surface area contributed by atoms with Crippen LogP contribution in [-0.4, -0.2) is 25.4 Å². The predicted molar refractivity (Wildman–Crippen MR) is 92.3 cm³/mol. The number of aromatic hydroxyl groups is 1. The van der Waals surface area contributed by atoms with E-state index in [1.54, 1.807) is 18.2 Å². The standard InChI is InChI=1S/C18H12N2O2.Be.2H/c21-16-11-4-3-9-15(16)18-20-19-17(22-18)14-10-5-7-12-6-1-2-8-13(12)14;;;/h1-11,21H;;;/q;+2;2*-1. The molecular formula is C18H14BeN2O2. The van der Waals surface area contributed by atoms with Crippen LogP contribution in [0.2, 0.25) is 0 Å². The third kappa shape index (κ3) is 2.60. The molecule has 0 bridgehead atoms. The van der Waals surface area contributed by atoms with Gasteiger partial charge in [-0.25, -0.2) is 0 Å². The summed E-state index contributed by atoms with van der Waals surface area (Å²) in [6.07, 6.45) is 0. The van der Waals surface area contributed by atoms with Crippen molar-refractivity contribution in [3.63, 3.8) is 0 Å². The second-order valence-corrected chi connectivity index (χ2v) is 4.96. The maximum absolute atomic E-state index is 9.89. The summed E-state index contributed by atoms with van der Waals surface area (Å²) >= 11 is 0. The van der Waals surface area contributed by atoms with E-state index >= 15 is 0 Å². The molecule has 110 valence electrons. The summed E-state index contributed by atoms with van der Waals surface area (Å²) in [4.78, 5) is 0. The van der Waals surface area contributed by atoms with E-state index in [1.165, 1.54) is 0 Å². The first-order valence-corrected chi connectivity index (χ1v) is 6.93. The van der Waals surface area contributed by atoms with E-state index < -0.39 is 0 Å². The van der Waals surface area contributed by atoms with Gasteiger partial charge in [-0.05, 0) is 29.0 Å². The summed E-state index contributed by atoms with van der Waals surface area (Å²) in [5.74, 6) is 0.867. The average Bonchev–Trinajstić information content (AvgIpc) is 3.04. The molecule has 0 radical (unpaired) electrons. The molecule has 4 nitrogen and oxygen atoms in total. The molecule has 0 fully saturated rings. The monoisotopic (exact) mass is 299 g/mol. The van der Waals surface area contributed by atoms with Crippen molar-refractivity contribution in [1.82, 2.24) is 10.2 Å². The van der Waals surface area contributed by atoms with Gasteiger partial charge >= 0.3 is 10.1 Å². The van der Waals surface area contributed by atoms with Crippen LogP contribution in [0.15, 0.2) is 71.1 Å². The third-order valence-electron chi connectivity index (χ3n) is 3.58. The van der Waals surface area contributed by atoms with E-state index in [2.05, 4.69) is 10.2 Å². The minimum absolute atomic E-state index is 0. The molecule has 3 aromatic carbocycles. The van der Waals surface area contributed by atoms with Crippen molar-refractivity contribution in [2.45, 2.75) is 0 Å². The number of aromatic nitrogens is 2. The van der Waals surface area contributed by atoms with E-state index in [1.807, 2.05) is 48.5 Å². The summed E-state index contributed by atoms with van der Waals surface area (Å²) in [7, 11) is 0. The number of rotatable bonds is 2. The summed E-state index contributed by atoms with van der Waals surface area (Å²) < 4.78 is 5.76. The van der Waals surface area contributed by atoms with Gasteiger partial charge in [0.2, 0.25) is 5.89 Å². The van der Waals surface area contributed by atoms with Crippen molar-refractivity contribution in [2.75, 3.05) is 0 Å². The Morgan fingerprint density at radius 3 is 2.17 bits per heavy atom. The van der Waals surface area contributed by atoms with Crippen molar-refractivity contribution in [3.8, 4) is 28.7 Å². The van der Waals surface area contributed by atoms with Crippen LogP contribution in [0.5, 0.6) is 5.75 Å². The molecule has 0 unspecified atom stereocenters. The molecule has 0 saturated carbocycles. The topological polar surface area (TPSA) is 59.2 Å². The van der Waals surface area contributed by atoms with Gasteiger partial charge in [-0.3, -0.25) is 0 Å². The van der Waals surface area contributed by atoms with E-state index in [0.717, 1.165) is 16.3 Å². The smallest absolute Gasteiger partial charge is 1.00 e. The molecule has 1 aromatic heterocycles. The molecule has 0 amide bonds. The number of hydrogen-bond acceptors (Lipinski definition) is 4. The first kappa shape index (κ1) is 14.9. The fraction of sp³-hybridized carbons (Fsp3) is 0. The molecule has 0 aliphatic heterocycles. The zero-order valence-corrected chi connectivity index (χ0v) is 12.3. The van der Waals surface area contributed by atoms with Gasteiger partial charge in [0.25, 0.3) is 5.89 Å². The molecule has 0 atom stereocenters. The van der Waals surface area contributed by atoms with Gasteiger partial charge in [0.1, 0.15) is 5.75 Å². The normalized spacial score (nSPS) is 10.4. The van der Waals surface area contributed by atoms with Crippen LogP contribution in [-0.2, 0) is 0 Å². The molecule has 5 heteroatoms. The van der Waals surface area contributed by atoms with Crippen LogP contribution in [0, 0.1) is 0 Å². The maximum atomic E-state index is 9.89. The van der Waals surface area contributed by atoms with Crippen molar-refractivity contribution < 1.29 is 12.4 Å². The summed E-state index contributed by atoms with van der Waals surface area (Å²) in [5, 5.41) is 20.2. The Morgan fingerprint density at radius 1 is 0.739 bits per heavy atom. The summed E-state index contributed by atoms with van der Waals surface area (Å²) in [6.45, 7) is 0. The van der Waals surface area contributed by atoms with Crippen LogP contribution in [0.3, 0.4) is 0 Å². The van der Waals surface area contributed by atoms with Crippen molar-refractivity contribution in [2.24, 2.45) is 0 Å². The van der Waals surface area contributed by atoms with Crippen LogP contribution < -0.4 is 0 Å².